The summed E-state index contributed by atoms with van der Waals surface area (Å²) in [6.45, 7) is 2.12. The number of halogens is 1. The van der Waals surface area contributed by atoms with Crippen molar-refractivity contribution in [2.75, 3.05) is 6.61 Å². The SMILES string of the molecule is CCOC(=O)C=C(N)Cc1ccc(Br)cc1. The third kappa shape index (κ3) is 4.49. The van der Waals surface area contributed by atoms with Gasteiger partial charge in [0.1, 0.15) is 0 Å². The fourth-order valence-corrected chi connectivity index (χ4v) is 1.49. The molecule has 0 fully saturated rings. The van der Waals surface area contributed by atoms with E-state index in [9.17, 15) is 4.79 Å². The molecule has 0 bridgehead atoms. The number of nitrogens with two attached hydrogens (primary N) is 1. The Morgan fingerprint density at radius 2 is 2.06 bits per heavy atom. The van der Waals surface area contributed by atoms with Gasteiger partial charge in [0.2, 0.25) is 0 Å². The lowest BCUT2D eigenvalue weighted by atomic mass is 10.1. The normalized spacial score (nSPS) is 11.2. The third-order valence-electron chi connectivity index (χ3n) is 1.91. The largest absolute Gasteiger partial charge is 0.463 e. The predicted octanol–water partition coefficient (Wildman–Crippen LogP) is 2.40. The van der Waals surface area contributed by atoms with Gasteiger partial charge in [-0.3, -0.25) is 0 Å². The Hall–Kier alpha value is -1.29. The molecule has 4 heteroatoms. The van der Waals surface area contributed by atoms with Gasteiger partial charge in [0.25, 0.3) is 0 Å². The molecule has 0 heterocycles. The van der Waals surface area contributed by atoms with Crippen molar-refractivity contribution in [1.82, 2.24) is 0 Å². The van der Waals surface area contributed by atoms with Crippen LogP contribution in [-0.2, 0) is 16.0 Å². The van der Waals surface area contributed by atoms with Crippen LogP contribution in [0.3, 0.4) is 0 Å². The number of rotatable bonds is 4. The monoisotopic (exact) mass is 283 g/mol. The summed E-state index contributed by atoms with van der Waals surface area (Å²) in [5, 5.41) is 0. The summed E-state index contributed by atoms with van der Waals surface area (Å²) in [6, 6.07) is 7.78. The second kappa shape index (κ2) is 6.33. The van der Waals surface area contributed by atoms with E-state index in [0.29, 0.717) is 18.7 Å². The molecule has 0 radical (unpaired) electrons. The molecule has 0 unspecified atom stereocenters. The van der Waals surface area contributed by atoms with Crippen LogP contribution in [0.4, 0.5) is 0 Å². The zero-order valence-electron chi connectivity index (χ0n) is 9.07. The minimum Gasteiger partial charge on any atom is -0.463 e. The molecular formula is C12H14BrNO2. The Morgan fingerprint density at radius 3 is 2.62 bits per heavy atom. The lowest BCUT2D eigenvalue weighted by Gasteiger charge is -2.02. The molecule has 0 aliphatic carbocycles. The van der Waals surface area contributed by atoms with Gasteiger partial charge in [-0.2, -0.15) is 0 Å². The van der Waals surface area contributed by atoms with Crippen molar-refractivity contribution in [2.45, 2.75) is 13.3 Å². The van der Waals surface area contributed by atoms with E-state index in [2.05, 4.69) is 15.9 Å². The summed E-state index contributed by atoms with van der Waals surface area (Å²) in [4.78, 5) is 11.1. The van der Waals surface area contributed by atoms with Crippen molar-refractivity contribution in [3.8, 4) is 0 Å². The standard InChI is InChI=1S/C12H14BrNO2/c1-2-16-12(15)8-11(14)7-9-3-5-10(13)6-4-9/h3-6,8H,2,7,14H2,1H3. The average Bonchev–Trinajstić information content (AvgIpc) is 2.21. The quantitative estimate of drug-likeness (QED) is 0.682. The highest BCUT2D eigenvalue weighted by atomic mass is 79.9. The molecule has 16 heavy (non-hydrogen) atoms. The van der Waals surface area contributed by atoms with E-state index in [0.717, 1.165) is 10.0 Å². The highest BCUT2D eigenvalue weighted by molar-refractivity contribution is 9.10. The first-order valence-corrected chi connectivity index (χ1v) is 5.78. The average molecular weight is 284 g/mol. The van der Waals surface area contributed by atoms with Crippen molar-refractivity contribution in [3.63, 3.8) is 0 Å². The van der Waals surface area contributed by atoms with Crippen LogP contribution in [-0.4, -0.2) is 12.6 Å². The summed E-state index contributed by atoms with van der Waals surface area (Å²) < 4.78 is 5.78. The van der Waals surface area contributed by atoms with E-state index in [1.807, 2.05) is 24.3 Å². The maximum Gasteiger partial charge on any atom is 0.332 e. The summed E-state index contributed by atoms with van der Waals surface area (Å²) >= 11 is 3.35. The third-order valence-corrected chi connectivity index (χ3v) is 2.44. The molecule has 0 aromatic heterocycles. The van der Waals surface area contributed by atoms with E-state index >= 15 is 0 Å². The minimum absolute atomic E-state index is 0.362. The zero-order valence-corrected chi connectivity index (χ0v) is 10.7. The smallest absolute Gasteiger partial charge is 0.332 e. The molecule has 1 aromatic carbocycles. The number of hydrogen-bond acceptors (Lipinski definition) is 3. The Morgan fingerprint density at radius 1 is 1.44 bits per heavy atom. The number of hydrogen-bond donors (Lipinski definition) is 1. The van der Waals surface area contributed by atoms with E-state index < -0.39 is 5.97 Å². The van der Waals surface area contributed by atoms with E-state index in [-0.39, 0.29) is 0 Å². The number of benzene rings is 1. The van der Waals surface area contributed by atoms with Crippen molar-refractivity contribution < 1.29 is 9.53 Å². The van der Waals surface area contributed by atoms with Crippen LogP contribution in [0.2, 0.25) is 0 Å². The second-order valence-corrected chi connectivity index (χ2v) is 4.19. The van der Waals surface area contributed by atoms with Crippen LogP contribution >= 0.6 is 15.9 Å². The number of carbonyl (C=O) groups is 1. The lowest BCUT2D eigenvalue weighted by molar-refractivity contribution is -0.137. The van der Waals surface area contributed by atoms with Crippen LogP contribution in [0.5, 0.6) is 0 Å². The van der Waals surface area contributed by atoms with Crippen molar-refractivity contribution in [3.05, 3.63) is 46.1 Å². The number of ether oxygens (including phenoxy) is 1. The molecule has 0 saturated carbocycles. The molecule has 0 spiro atoms. The van der Waals surface area contributed by atoms with Crippen molar-refractivity contribution in [2.24, 2.45) is 5.73 Å². The highest BCUT2D eigenvalue weighted by Crippen LogP contribution is 2.12. The van der Waals surface area contributed by atoms with Gasteiger partial charge in [0.05, 0.1) is 6.61 Å². The van der Waals surface area contributed by atoms with E-state index in [1.165, 1.54) is 6.08 Å². The molecular weight excluding hydrogens is 270 g/mol. The first kappa shape index (κ1) is 12.8. The molecule has 0 amide bonds. The molecule has 2 N–H and O–H groups in total. The summed E-state index contributed by atoms with van der Waals surface area (Å²) in [7, 11) is 0. The molecule has 3 nitrogen and oxygen atoms in total. The van der Waals surface area contributed by atoms with Gasteiger partial charge in [-0.05, 0) is 24.6 Å². The Bertz CT molecular complexity index is 385. The minimum atomic E-state index is -0.392. The Balaban J connectivity index is 2.60. The summed E-state index contributed by atoms with van der Waals surface area (Å²) in [5.41, 5.74) is 7.28. The Kier molecular flexibility index (Phi) is 5.05. The molecule has 0 aliphatic rings. The van der Waals surface area contributed by atoms with E-state index in [4.69, 9.17) is 10.5 Å². The van der Waals surface area contributed by atoms with Crippen molar-refractivity contribution >= 4 is 21.9 Å². The summed E-state index contributed by atoms with van der Waals surface area (Å²) in [6.07, 6.45) is 1.87. The fourth-order valence-electron chi connectivity index (χ4n) is 1.22. The molecule has 1 rings (SSSR count). The van der Waals surface area contributed by atoms with E-state index in [1.54, 1.807) is 6.92 Å². The Labute approximate surface area is 103 Å². The molecule has 0 atom stereocenters. The maximum atomic E-state index is 11.1. The molecule has 86 valence electrons. The van der Waals surface area contributed by atoms with Crippen molar-refractivity contribution in [1.29, 1.82) is 0 Å². The first-order valence-electron chi connectivity index (χ1n) is 4.99. The number of carbonyl (C=O) groups excluding carboxylic acids is 1. The van der Waals surface area contributed by atoms with Gasteiger partial charge in [0, 0.05) is 22.7 Å². The zero-order chi connectivity index (χ0) is 12.0. The number of allylic oxidation sites excluding steroid dienone is 1. The topological polar surface area (TPSA) is 52.3 Å². The molecule has 0 saturated heterocycles. The maximum absolute atomic E-state index is 11.1. The van der Waals surface area contributed by atoms with Gasteiger partial charge in [0.15, 0.2) is 0 Å². The predicted molar refractivity (Wildman–Crippen MR) is 66.7 cm³/mol. The van der Waals surface area contributed by atoms with Gasteiger partial charge < -0.3 is 10.5 Å². The molecule has 1 aromatic rings. The second-order valence-electron chi connectivity index (χ2n) is 3.27. The van der Waals surface area contributed by atoms with Gasteiger partial charge in [-0.25, -0.2) is 4.79 Å². The molecule has 0 aliphatic heterocycles. The van der Waals surface area contributed by atoms with Gasteiger partial charge in [-0.1, -0.05) is 28.1 Å². The lowest BCUT2D eigenvalue weighted by Crippen LogP contribution is -2.07. The van der Waals surface area contributed by atoms with Crippen LogP contribution < -0.4 is 5.73 Å². The van der Waals surface area contributed by atoms with Gasteiger partial charge >= 0.3 is 5.97 Å². The highest BCUT2D eigenvalue weighted by Gasteiger charge is 2.00. The van der Waals surface area contributed by atoms with Crippen LogP contribution in [0, 0.1) is 0 Å². The van der Waals surface area contributed by atoms with Gasteiger partial charge in [-0.15, -0.1) is 0 Å². The summed E-state index contributed by atoms with van der Waals surface area (Å²) in [5.74, 6) is -0.392. The first-order chi connectivity index (χ1) is 7.61. The van der Waals surface area contributed by atoms with Crippen LogP contribution in [0.15, 0.2) is 40.5 Å². The van der Waals surface area contributed by atoms with Crippen LogP contribution in [0.25, 0.3) is 0 Å². The fraction of sp³-hybridized carbons (Fsp3) is 0.250. The number of esters is 1. The van der Waals surface area contributed by atoms with Crippen LogP contribution in [0.1, 0.15) is 12.5 Å².